The summed E-state index contributed by atoms with van der Waals surface area (Å²) in [7, 11) is 0. The lowest BCUT2D eigenvalue weighted by molar-refractivity contribution is 1.36. The van der Waals surface area contributed by atoms with Crippen molar-refractivity contribution in [1.82, 2.24) is 4.98 Å². The monoisotopic (exact) mass is 333 g/mol. The Kier molecular flexibility index (Phi) is 4.70. The first-order chi connectivity index (χ1) is 12.9. The van der Waals surface area contributed by atoms with Gasteiger partial charge in [-0.25, -0.2) is 4.98 Å². The maximum Gasteiger partial charge on any atom is 0.0709 e. The molecule has 0 spiro atoms. The van der Waals surface area contributed by atoms with Crippen molar-refractivity contribution in [2.75, 3.05) is 0 Å². The highest BCUT2D eigenvalue weighted by molar-refractivity contribution is 5.87. The Morgan fingerprint density at radius 3 is 1.81 bits per heavy atom. The van der Waals surface area contributed by atoms with E-state index < -0.39 is 0 Å². The fourth-order valence-electron chi connectivity index (χ4n) is 2.90. The molecule has 0 atom stereocenters. The largest absolute Gasteiger partial charge is 0.248 e. The van der Waals surface area contributed by atoms with Crippen molar-refractivity contribution < 1.29 is 0 Å². The van der Waals surface area contributed by atoms with Gasteiger partial charge in [-0.2, -0.15) is 0 Å². The molecule has 0 saturated carbocycles. The van der Waals surface area contributed by atoms with Gasteiger partial charge in [0.2, 0.25) is 0 Å². The van der Waals surface area contributed by atoms with Crippen molar-refractivity contribution in [1.29, 1.82) is 0 Å². The number of rotatable bonds is 4. The Morgan fingerprint density at radius 2 is 1.12 bits per heavy atom. The maximum absolute atomic E-state index is 4.86. The molecule has 0 aliphatic heterocycles. The molecule has 1 aromatic heterocycles. The highest BCUT2D eigenvalue weighted by Crippen LogP contribution is 2.21. The predicted molar refractivity (Wildman–Crippen MR) is 112 cm³/mol. The smallest absolute Gasteiger partial charge is 0.0709 e. The van der Waals surface area contributed by atoms with Crippen LogP contribution >= 0.6 is 0 Å². The summed E-state index contributed by atoms with van der Waals surface area (Å²) in [6.07, 6.45) is 8.47. The topological polar surface area (TPSA) is 12.9 Å². The van der Waals surface area contributed by atoms with Crippen LogP contribution in [0, 0.1) is 0 Å². The standard InChI is InChI=1S/C25H19N/c1-3-9-20(10-4-1)15-17-23-19-22-13-7-8-14-24(22)26-25(23)18-16-21-11-5-2-6-12-21/h1-19H. The van der Waals surface area contributed by atoms with Crippen LogP contribution in [0.2, 0.25) is 0 Å². The molecular weight excluding hydrogens is 314 g/mol. The molecule has 0 N–H and O–H groups in total. The number of para-hydroxylation sites is 1. The van der Waals surface area contributed by atoms with E-state index in [0.717, 1.165) is 22.2 Å². The van der Waals surface area contributed by atoms with Gasteiger partial charge < -0.3 is 0 Å². The van der Waals surface area contributed by atoms with Gasteiger partial charge in [-0.3, -0.25) is 0 Å². The SMILES string of the molecule is C(=Cc1cc2ccccc2nc1C=Cc1ccccc1)c1ccccc1. The molecule has 1 nitrogen and oxygen atoms in total. The number of pyridine rings is 1. The minimum absolute atomic E-state index is 0.972. The second kappa shape index (κ2) is 7.62. The van der Waals surface area contributed by atoms with Crippen LogP contribution in [0.15, 0.2) is 91.0 Å². The molecular formula is C25H19N. The number of nitrogens with zero attached hydrogens (tertiary/aromatic N) is 1. The molecule has 1 heterocycles. The summed E-state index contributed by atoms with van der Waals surface area (Å²) in [6.45, 7) is 0. The number of fused-ring (bicyclic) bond motifs is 1. The molecule has 4 rings (SSSR count). The van der Waals surface area contributed by atoms with E-state index >= 15 is 0 Å². The third kappa shape index (κ3) is 3.79. The van der Waals surface area contributed by atoms with Gasteiger partial charge in [-0.05, 0) is 29.3 Å². The minimum atomic E-state index is 0.972. The van der Waals surface area contributed by atoms with Crippen LogP contribution in [-0.4, -0.2) is 4.98 Å². The average Bonchev–Trinajstić information content (AvgIpc) is 2.72. The molecule has 0 bridgehead atoms. The van der Waals surface area contributed by atoms with Crippen LogP contribution in [0.5, 0.6) is 0 Å². The van der Waals surface area contributed by atoms with E-state index in [0.29, 0.717) is 0 Å². The molecule has 0 unspecified atom stereocenters. The molecule has 3 aromatic carbocycles. The summed E-state index contributed by atoms with van der Waals surface area (Å²) in [6, 6.07) is 31.1. The van der Waals surface area contributed by atoms with Crippen molar-refractivity contribution in [2.24, 2.45) is 0 Å². The Labute approximate surface area is 154 Å². The van der Waals surface area contributed by atoms with Crippen molar-refractivity contribution >= 4 is 35.2 Å². The van der Waals surface area contributed by atoms with Crippen molar-refractivity contribution in [3.8, 4) is 0 Å². The van der Waals surface area contributed by atoms with Gasteiger partial charge in [0.25, 0.3) is 0 Å². The minimum Gasteiger partial charge on any atom is -0.248 e. The lowest BCUT2D eigenvalue weighted by atomic mass is 10.1. The zero-order valence-electron chi connectivity index (χ0n) is 14.4. The molecule has 26 heavy (non-hydrogen) atoms. The maximum atomic E-state index is 4.86. The molecule has 1 heteroatoms. The third-order valence-corrected chi connectivity index (χ3v) is 4.27. The molecule has 4 aromatic rings. The van der Waals surface area contributed by atoms with Crippen LogP contribution in [0.25, 0.3) is 35.2 Å². The van der Waals surface area contributed by atoms with Gasteiger partial charge in [-0.1, -0.05) is 97.1 Å². The summed E-state index contributed by atoms with van der Waals surface area (Å²) >= 11 is 0. The zero-order chi connectivity index (χ0) is 17.6. The molecule has 0 amide bonds. The zero-order valence-corrected chi connectivity index (χ0v) is 14.4. The number of hydrogen-bond acceptors (Lipinski definition) is 1. The molecule has 0 saturated heterocycles. The summed E-state index contributed by atoms with van der Waals surface area (Å²) in [5.74, 6) is 0. The van der Waals surface area contributed by atoms with E-state index in [1.54, 1.807) is 0 Å². The highest BCUT2D eigenvalue weighted by atomic mass is 14.7. The second-order valence-electron chi connectivity index (χ2n) is 6.14. The Hall–Kier alpha value is -3.45. The number of benzene rings is 3. The lowest BCUT2D eigenvalue weighted by Crippen LogP contribution is -1.89. The highest BCUT2D eigenvalue weighted by Gasteiger charge is 2.02. The van der Waals surface area contributed by atoms with Crippen molar-refractivity contribution in [3.63, 3.8) is 0 Å². The van der Waals surface area contributed by atoms with Crippen LogP contribution in [0.3, 0.4) is 0 Å². The van der Waals surface area contributed by atoms with Gasteiger partial charge in [-0.15, -0.1) is 0 Å². The average molecular weight is 333 g/mol. The van der Waals surface area contributed by atoms with Crippen molar-refractivity contribution in [3.05, 3.63) is 113 Å². The van der Waals surface area contributed by atoms with E-state index in [1.807, 2.05) is 36.4 Å². The van der Waals surface area contributed by atoms with E-state index in [4.69, 9.17) is 4.98 Å². The Morgan fingerprint density at radius 1 is 0.538 bits per heavy atom. The molecule has 124 valence electrons. The quantitative estimate of drug-likeness (QED) is 0.411. The van der Waals surface area contributed by atoms with Crippen LogP contribution in [0.1, 0.15) is 22.4 Å². The van der Waals surface area contributed by atoms with Crippen LogP contribution in [0.4, 0.5) is 0 Å². The van der Waals surface area contributed by atoms with E-state index in [1.165, 1.54) is 11.1 Å². The number of hydrogen-bond donors (Lipinski definition) is 0. The lowest BCUT2D eigenvalue weighted by Gasteiger charge is -2.05. The second-order valence-corrected chi connectivity index (χ2v) is 6.14. The Bertz CT molecular complexity index is 973. The molecule has 0 aliphatic rings. The van der Waals surface area contributed by atoms with Gasteiger partial charge in [0, 0.05) is 10.9 Å². The summed E-state index contributed by atoms with van der Waals surface area (Å²) in [5, 5.41) is 1.15. The van der Waals surface area contributed by atoms with Gasteiger partial charge >= 0.3 is 0 Å². The summed E-state index contributed by atoms with van der Waals surface area (Å²) in [4.78, 5) is 4.86. The first-order valence-corrected chi connectivity index (χ1v) is 8.74. The van der Waals surface area contributed by atoms with Crippen molar-refractivity contribution in [2.45, 2.75) is 0 Å². The van der Waals surface area contributed by atoms with E-state index in [9.17, 15) is 0 Å². The van der Waals surface area contributed by atoms with Crippen LogP contribution in [-0.2, 0) is 0 Å². The van der Waals surface area contributed by atoms with Crippen LogP contribution < -0.4 is 0 Å². The first-order valence-electron chi connectivity index (χ1n) is 8.74. The summed E-state index contributed by atoms with van der Waals surface area (Å²) < 4.78 is 0. The van der Waals surface area contributed by atoms with E-state index in [-0.39, 0.29) is 0 Å². The Balaban J connectivity index is 1.76. The summed E-state index contributed by atoms with van der Waals surface area (Å²) in [5.41, 5.74) is 5.44. The molecule has 0 radical (unpaired) electrons. The van der Waals surface area contributed by atoms with Gasteiger partial charge in [0.15, 0.2) is 0 Å². The normalized spacial score (nSPS) is 11.5. The van der Waals surface area contributed by atoms with E-state index in [2.05, 4.69) is 78.9 Å². The van der Waals surface area contributed by atoms with Gasteiger partial charge in [0.1, 0.15) is 0 Å². The third-order valence-electron chi connectivity index (χ3n) is 4.27. The fourth-order valence-corrected chi connectivity index (χ4v) is 2.90. The first kappa shape index (κ1) is 16.0. The van der Waals surface area contributed by atoms with Gasteiger partial charge in [0.05, 0.1) is 11.2 Å². The molecule has 0 aliphatic carbocycles. The number of aromatic nitrogens is 1. The molecule has 0 fully saturated rings. The fraction of sp³-hybridized carbons (Fsp3) is 0. The predicted octanol–water partition coefficient (Wildman–Crippen LogP) is 6.58.